The molecule has 34 heavy (non-hydrogen) atoms. The van der Waals surface area contributed by atoms with E-state index in [9.17, 15) is 0 Å². The normalized spacial score (nSPS) is 15.0. The molecule has 0 aromatic heterocycles. The number of nitrogens with one attached hydrogen (secondary N) is 3. The van der Waals surface area contributed by atoms with Crippen molar-refractivity contribution in [1.29, 1.82) is 0 Å². The van der Waals surface area contributed by atoms with Crippen molar-refractivity contribution in [2.45, 2.75) is 53.0 Å². The number of hydrogen-bond acceptors (Lipinski definition) is 4. The van der Waals surface area contributed by atoms with Crippen molar-refractivity contribution < 1.29 is 0 Å². The molecule has 0 fully saturated rings. The summed E-state index contributed by atoms with van der Waals surface area (Å²) in [5, 5.41) is 6.64. The molecule has 182 valence electrons. The van der Waals surface area contributed by atoms with Gasteiger partial charge in [-0.1, -0.05) is 69.3 Å². The lowest BCUT2D eigenvalue weighted by molar-refractivity contribution is 0.654. The fraction of sp³-hybridized carbons (Fsp3) is 0.321. The molecule has 3 N–H and O–H groups in total. The van der Waals surface area contributed by atoms with E-state index in [1.165, 1.54) is 36.0 Å². The molecule has 1 heterocycles. The Kier molecular flexibility index (Phi) is 14.5. The van der Waals surface area contributed by atoms with Gasteiger partial charge in [0.15, 0.2) is 11.7 Å². The second-order valence-electron chi connectivity index (χ2n) is 7.24. The van der Waals surface area contributed by atoms with E-state index in [-0.39, 0.29) is 0 Å². The average Bonchev–Trinajstić information content (AvgIpc) is 3.24. The molecule has 2 aromatic carbocycles. The maximum absolute atomic E-state index is 4.72. The van der Waals surface area contributed by atoms with Crippen molar-refractivity contribution in [1.82, 2.24) is 10.0 Å². The summed E-state index contributed by atoms with van der Waals surface area (Å²) in [5.41, 5.74) is 4.89. The minimum absolute atomic E-state index is 0.504. The highest BCUT2D eigenvalue weighted by molar-refractivity contribution is 8.12. The Morgan fingerprint density at radius 1 is 1.06 bits per heavy atom. The second-order valence-corrected chi connectivity index (χ2v) is 8.36. The van der Waals surface area contributed by atoms with Crippen LogP contribution in [-0.4, -0.2) is 24.1 Å². The Morgan fingerprint density at radius 2 is 1.79 bits per heavy atom. The molecule has 1 aliphatic heterocycles. The highest BCUT2D eigenvalue weighted by Crippen LogP contribution is 2.23. The number of nitrogens with zero attached hydrogens (tertiary/aromatic N) is 2. The maximum Gasteiger partial charge on any atom is 0.183 e. The van der Waals surface area contributed by atoms with E-state index in [1.54, 1.807) is 6.20 Å². The van der Waals surface area contributed by atoms with Gasteiger partial charge in [0.25, 0.3) is 0 Å². The van der Waals surface area contributed by atoms with E-state index in [2.05, 4.69) is 82.3 Å². The van der Waals surface area contributed by atoms with Crippen LogP contribution in [0.2, 0.25) is 0 Å². The van der Waals surface area contributed by atoms with Gasteiger partial charge in [0.1, 0.15) is 0 Å². The van der Waals surface area contributed by atoms with Crippen molar-refractivity contribution in [3.05, 3.63) is 78.0 Å². The van der Waals surface area contributed by atoms with Crippen LogP contribution in [0.5, 0.6) is 0 Å². The molecule has 0 bridgehead atoms. The predicted molar refractivity (Wildman–Crippen MR) is 155 cm³/mol. The van der Waals surface area contributed by atoms with E-state index in [0.717, 1.165) is 30.3 Å². The Morgan fingerprint density at radius 3 is 2.50 bits per heavy atom. The molecule has 0 amide bonds. The topological polar surface area (TPSA) is 60.8 Å². The van der Waals surface area contributed by atoms with Crippen molar-refractivity contribution in [2.75, 3.05) is 11.9 Å². The molecule has 5 nitrogen and oxygen atoms in total. The van der Waals surface area contributed by atoms with Crippen LogP contribution in [0.25, 0.3) is 0 Å². The lowest BCUT2D eigenvalue weighted by atomic mass is 10.0. The second kappa shape index (κ2) is 17.2. The van der Waals surface area contributed by atoms with Crippen molar-refractivity contribution >= 4 is 34.1 Å². The minimum Gasteiger partial charge on any atom is -0.391 e. The third-order valence-corrected chi connectivity index (χ3v) is 5.85. The van der Waals surface area contributed by atoms with Crippen molar-refractivity contribution in [3.8, 4) is 12.8 Å². The zero-order chi connectivity index (χ0) is 25.2. The van der Waals surface area contributed by atoms with E-state index in [0.29, 0.717) is 6.54 Å². The van der Waals surface area contributed by atoms with Crippen LogP contribution in [0, 0.1) is 19.8 Å². The molecule has 0 radical (unpaired) electrons. The number of rotatable bonds is 10. The van der Waals surface area contributed by atoms with Crippen LogP contribution in [0.15, 0.2) is 70.7 Å². The number of hydrogen-bond donors (Lipinski definition) is 3. The lowest BCUT2D eigenvalue weighted by Gasteiger charge is -2.13. The van der Waals surface area contributed by atoms with Gasteiger partial charge in [0.2, 0.25) is 0 Å². The Hall–Kier alpha value is -3.30. The standard InChI is InChI=1S/C24H31N5S.C2H6.C2H2/c1-4-25-17-10-6-9-14-21-15-11-16-22(19(21)2)27-24-23(28-30(3)29-24)26-18-20-12-7-5-8-13-20;2*1-2/h4-5,7-8,11-13,15-16,25H,1,3,6,9-10,14,17-18H2,2H3,(H,26,28)(H,27,29);1-2H3;1-2H. The van der Waals surface area contributed by atoms with Gasteiger partial charge in [-0.15, -0.1) is 12.8 Å². The van der Waals surface area contributed by atoms with Crippen LogP contribution >= 0.6 is 10.9 Å². The zero-order valence-corrected chi connectivity index (χ0v) is 21.6. The number of terminal acetylenes is 1. The van der Waals surface area contributed by atoms with Gasteiger partial charge < -0.3 is 10.6 Å². The number of aliphatic imine (C=N–C) groups is 1. The monoisotopic (exact) mass is 477 g/mol. The molecule has 3 rings (SSSR count). The number of aryl methyl sites for hydroxylation is 1. The van der Waals surface area contributed by atoms with E-state index >= 15 is 0 Å². The molecular formula is C28H39N5S. The third-order valence-electron chi connectivity index (χ3n) is 5.01. The summed E-state index contributed by atoms with van der Waals surface area (Å²) in [6.45, 7) is 11.5. The minimum atomic E-state index is -0.504. The van der Waals surface area contributed by atoms with Gasteiger partial charge in [-0.05, 0) is 61.0 Å². The summed E-state index contributed by atoms with van der Waals surface area (Å²) in [5.74, 6) is 5.58. The SMILES string of the molecule is C#C.C=CNCCCCCc1cccc(NC2=NS(=C)NC2=NCc2ccccc2)c1C.CC. The summed E-state index contributed by atoms with van der Waals surface area (Å²) in [6.07, 6.45) is 14.4. The van der Waals surface area contributed by atoms with Crippen LogP contribution in [0.3, 0.4) is 0 Å². The van der Waals surface area contributed by atoms with E-state index < -0.39 is 10.9 Å². The van der Waals surface area contributed by atoms with Crippen LogP contribution < -0.4 is 15.4 Å². The van der Waals surface area contributed by atoms with Gasteiger partial charge in [-0.3, -0.25) is 9.71 Å². The van der Waals surface area contributed by atoms with Gasteiger partial charge >= 0.3 is 0 Å². The Balaban J connectivity index is 0.00000137. The highest BCUT2D eigenvalue weighted by Gasteiger charge is 2.18. The third kappa shape index (κ3) is 9.68. The molecule has 1 aliphatic rings. The van der Waals surface area contributed by atoms with Gasteiger partial charge in [-0.2, -0.15) is 4.40 Å². The summed E-state index contributed by atoms with van der Waals surface area (Å²) < 4.78 is 7.89. The fourth-order valence-corrected chi connectivity index (χ4v) is 4.10. The first-order chi connectivity index (χ1) is 16.7. The molecule has 1 atom stereocenters. The predicted octanol–water partition coefficient (Wildman–Crippen LogP) is 6.26. The first-order valence-electron chi connectivity index (χ1n) is 11.7. The average molecular weight is 478 g/mol. The molecule has 0 spiro atoms. The molecule has 1 unspecified atom stereocenters. The summed E-state index contributed by atoms with van der Waals surface area (Å²) in [4.78, 5) is 4.72. The van der Waals surface area contributed by atoms with Crippen LogP contribution in [0.4, 0.5) is 5.69 Å². The molecule has 0 saturated carbocycles. The number of benzene rings is 2. The molecule has 0 aliphatic carbocycles. The molecular weight excluding hydrogens is 438 g/mol. The number of amidine groups is 2. The van der Waals surface area contributed by atoms with Crippen LogP contribution in [0.1, 0.15) is 49.8 Å². The molecule has 2 aromatic rings. The number of anilines is 1. The van der Waals surface area contributed by atoms with Gasteiger partial charge in [0.05, 0.1) is 6.54 Å². The summed E-state index contributed by atoms with van der Waals surface area (Å²) in [7, 11) is -0.504. The maximum atomic E-state index is 4.72. The summed E-state index contributed by atoms with van der Waals surface area (Å²) in [6, 6.07) is 16.7. The van der Waals surface area contributed by atoms with E-state index in [1.807, 2.05) is 32.0 Å². The Bertz CT molecular complexity index is 977. The van der Waals surface area contributed by atoms with Gasteiger partial charge in [-0.25, -0.2) is 0 Å². The summed E-state index contributed by atoms with van der Waals surface area (Å²) >= 11 is 0. The largest absolute Gasteiger partial charge is 0.391 e. The van der Waals surface area contributed by atoms with E-state index in [4.69, 9.17) is 4.99 Å². The lowest BCUT2D eigenvalue weighted by Crippen LogP contribution is -2.27. The molecule has 0 saturated heterocycles. The number of unbranched alkanes of at least 4 members (excludes halogenated alkanes) is 2. The quantitative estimate of drug-likeness (QED) is 0.215. The Labute approximate surface area is 209 Å². The zero-order valence-electron chi connectivity index (χ0n) is 20.8. The fourth-order valence-electron chi connectivity index (χ4n) is 3.32. The van der Waals surface area contributed by atoms with Gasteiger partial charge in [0, 0.05) is 23.1 Å². The van der Waals surface area contributed by atoms with Crippen molar-refractivity contribution in [3.63, 3.8) is 0 Å². The molecule has 6 heteroatoms. The first kappa shape index (κ1) is 28.7. The highest BCUT2D eigenvalue weighted by atomic mass is 32.2. The first-order valence-corrected chi connectivity index (χ1v) is 13.0. The van der Waals surface area contributed by atoms with Crippen molar-refractivity contribution in [2.24, 2.45) is 9.39 Å². The van der Waals surface area contributed by atoms with Crippen LogP contribution in [-0.2, 0) is 13.0 Å². The smallest absolute Gasteiger partial charge is 0.183 e.